The van der Waals surface area contributed by atoms with Crippen LogP contribution in [0.1, 0.15) is 40.0 Å². The van der Waals surface area contributed by atoms with E-state index >= 15 is 0 Å². The predicted molar refractivity (Wildman–Crippen MR) is 70.3 cm³/mol. The summed E-state index contributed by atoms with van der Waals surface area (Å²) in [6, 6.07) is 0. The van der Waals surface area contributed by atoms with Crippen molar-refractivity contribution in [3.63, 3.8) is 0 Å². The molecule has 1 aliphatic carbocycles. The van der Waals surface area contributed by atoms with Crippen LogP contribution in [-0.2, 0) is 4.79 Å². The van der Waals surface area contributed by atoms with Crippen LogP contribution in [0, 0.1) is 17.8 Å². The molecule has 1 heterocycles. The van der Waals surface area contributed by atoms with Gasteiger partial charge in [-0.3, -0.25) is 4.79 Å². The Bertz CT molecular complexity index is 444. The first-order chi connectivity index (χ1) is 9.09. The molecule has 1 saturated carbocycles. The van der Waals surface area contributed by atoms with Crippen molar-refractivity contribution in [3.05, 3.63) is 0 Å². The van der Waals surface area contributed by atoms with Crippen molar-refractivity contribution in [2.24, 2.45) is 22.7 Å². The molecule has 6 heteroatoms. The van der Waals surface area contributed by atoms with Gasteiger partial charge in [-0.2, -0.15) is 13.2 Å². The van der Waals surface area contributed by atoms with Crippen LogP contribution in [0.15, 0.2) is 4.99 Å². The number of aliphatic imine (C=N–C) groups is 1. The van der Waals surface area contributed by atoms with E-state index in [2.05, 4.69) is 4.99 Å². The molecule has 3 atom stereocenters. The van der Waals surface area contributed by atoms with Gasteiger partial charge in [0.2, 0.25) is 5.71 Å². The summed E-state index contributed by atoms with van der Waals surface area (Å²) in [6.45, 7) is 5.99. The second kappa shape index (κ2) is 4.74. The topological polar surface area (TPSA) is 32.7 Å². The number of carbonyl (C=O) groups excluding carboxylic acids is 1. The SMILES string of the molecule is CC(C)[C@@H]1CC[C@@H](C)C[C@]12N=C(C(F)(F)F)C(=O)N2C. The summed E-state index contributed by atoms with van der Waals surface area (Å²) in [5, 5.41) is 0. The van der Waals surface area contributed by atoms with Crippen molar-refractivity contribution in [3.8, 4) is 0 Å². The molecule has 1 fully saturated rings. The van der Waals surface area contributed by atoms with Crippen LogP contribution in [0.2, 0.25) is 0 Å². The molecule has 114 valence electrons. The van der Waals surface area contributed by atoms with Gasteiger partial charge in [0.1, 0.15) is 5.66 Å². The van der Waals surface area contributed by atoms with Crippen LogP contribution < -0.4 is 0 Å². The van der Waals surface area contributed by atoms with E-state index in [4.69, 9.17) is 0 Å². The molecule has 0 aromatic rings. The summed E-state index contributed by atoms with van der Waals surface area (Å²) in [6.07, 6.45) is -2.37. The Hall–Kier alpha value is -1.07. The van der Waals surface area contributed by atoms with Crippen LogP contribution in [0.5, 0.6) is 0 Å². The molecular formula is C14H21F3N2O. The zero-order valence-corrected chi connectivity index (χ0v) is 12.3. The summed E-state index contributed by atoms with van der Waals surface area (Å²) >= 11 is 0. The van der Waals surface area contributed by atoms with Crippen molar-refractivity contribution >= 4 is 11.6 Å². The Labute approximate surface area is 117 Å². The summed E-state index contributed by atoms with van der Waals surface area (Å²) in [5.41, 5.74) is -2.24. The highest BCUT2D eigenvalue weighted by Gasteiger charge is 2.58. The number of nitrogens with zero attached hydrogens (tertiary/aromatic N) is 2. The van der Waals surface area contributed by atoms with E-state index in [1.165, 1.54) is 11.9 Å². The Morgan fingerprint density at radius 1 is 1.35 bits per heavy atom. The first kappa shape index (κ1) is 15.3. The number of hydrogen-bond donors (Lipinski definition) is 0. The van der Waals surface area contributed by atoms with Crippen molar-refractivity contribution in [2.75, 3.05) is 7.05 Å². The monoisotopic (exact) mass is 290 g/mol. The lowest BCUT2D eigenvalue weighted by Crippen LogP contribution is -2.54. The van der Waals surface area contributed by atoms with Gasteiger partial charge in [-0.1, -0.05) is 27.2 Å². The first-order valence-electron chi connectivity index (χ1n) is 7.05. The molecule has 0 radical (unpaired) electrons. The molecule has 0 unspecified atom stereocenters. The van der Waals surface area contributed by atoms with E-state index < -0.39 is 23.5 Å². The third kappa shape index (κ3) is 2.23. The van der Waals surface area contributed by atoms with Gasteiger partial charge in [-0.05, 0) is 24.7 Å². The second-order valence-electron chi connectivity index (χ2n) is 6.44. The Kier molecular flexibility index (Phi) is 3.63. The van der Waals surface area contributed by atoms with Crippen LogP contribution in [-0.4, -0.2) is 35.4 Å². The number of halogens is 3. The molecule has 0 aromatic carbocycles. The largest absolute Gasteiger partial charge is 0.438 e. The Morgan fingerprint density at radius 3 is 2.40 bits per heavy atom. The van der Waals surface area contributed by atoms with Crippen molar-refractivity contribution < 1.29 is 18.0 Å². The lowest BCUT2D eigenvalue weighted by molar-refractivity contribution is -0.133. The van der Waals surface area contributed by atoms with E-state index in [-0.39, 0.29) is 17.8 Å². The molecule has 0 N–H and O–H groups in total. The van der Waals surface area contributed by atoms with Gasteiger partial charge < -0.3 is 4.90 Å². The minimum absolute atomic E-state index is 0.0208. The lowest BCUT2D eigenvalue weighted by Gasteiger charge is -2.47. The average Bonchev–Trinajstić information content (AvgIpc) is 2.54. The maximum atomic E-state index is 13.0. The average molecular weight is 290 g/mol. The third-order valence-corrected chi connectivity index (χ3v) is 4.68. The molecule has 1 amide bonds. The summed E-state index contributed by atoms with van der Waals surface area (Å²) < 4.78 is 38.9. The number of amides is 1. The second-order valence-corrected chi connectivity index (χ2v) is 6.44. The van der Waals surface area contributed by atoms with E-state index in [0.29, 0.717) is 6.42 Å². The molecule has 0 bridgehead atoms. The Balaban J connectivity index is 2.49. The van der Waals surface area contributed by atoms with Gasteiger partial charge in [0.25, 0.3) is 5.91 Å². The lowest BCUT2D eigenvalue weighted by atomic mass is 9.69. The van der Waals surface area contributed by atoms with Gasteiger partial charge in [-0.25, -0.2) is 4.99 Å². The highest BCUT2D eigenvalue weighted by Crippen LogP contribution is 2.48. The summed E-state index contributed by atoms with van der Waals surface area (Å²) in [7, 11) is 1.46. The van der Waals surface area contributed by atoms with E-state index in [1.807, 2.05) is 20.8 Å². The van der Waals surface area contributed by atoms with E-state index in [1.54, 1.807) is 0 Å². The van der Waals surface area contributed by atoms with Crippen LogP contribution in [0.4, 0.5) is 13.2 Å². The number of rotatable bonds is 1. The minimum atomic E-state index is -4.67. The molecule has 2 aliphatic rings. The van der Waals surface area contributed by atoms with Crippen molar-refractivity contribution in [1.82, 2.24) is 4.90 Å². The van der Waals surface area contributed by atoms with E-state index in [0.717, 1.165) is 12.8 Å². The maximum absolute atomic E-state index is 13.0. The van der Waals surface area contributed by atoms with Gasteiger partial charge in [0.15, 0.2) is 0 Å². The van der Waals surface area contributed by atoms with Gasteiger partial charge >= 0.3 is 6.18 Å². The maximum Gasteiger partial charge on any atom is 0.438 e. The fourth-order valence-corrected chi connectivity index (χ4v) is 3.68. The smallest absolute Gasteiger partial charge is 0.315 e. The molecule has 0 saturated heterocycles. The Morgan fingerprint density at radius 2 is 1.95 bits per heavy atom. The molecule has 1 aliphatic heterocycles. The first-order valence-corrected chi connectivity index (χ1v) is 7.05. The highest BCUT2D eigenvalue weighted by molar-refractivity contribution is 6.42. The van der Waals surface area contributed by atoms with Gasteiger partial charge in [-0.15, -0.1) is 0 Å². The fraction of sp³-hybridized carbons (Fsp3) is 0.857. The number of carbonyl (C=O) groups is 1. The minimum Gasteiger partial charge on any atom is -0.315 e. The fourth-order valence-electron chi connectivity index (χ4n) is 3.68. The van der Waals surface area contributed by atoms with Crippen LogP contribution >= 0.6 is 0 Å². The number of alkyl halides is 3. The number of hydrogen-bond acceptors (Lipinski definition) is 2. The van der Waals surface area contributed by atoms with Gasteiger partial charge in [0, 0.05) is 13.0 Å². The predicted octanol–water partition coefficient (Wildman–Crippen LogP) is 3.25. The standard InChI is InChI=1S/C14H21F3N2O/c1-8(2)10-6-5-9(3)7-13(10)18-11(14(15,16)17)12(20)19(13)4/h8-10H,5-7H2,1-4H3/t9-,10+,13-/m1/s1. The zero-order chi connectivity index (χ0) is 15.3. The molecule has 20 heavy (non-hydrogen) atoms. The zero-order valence-electron chi connectivity index (χ0n) is 12.3. The quantitative estimate of drug-likeness (QED) is 0.729. The molecule has 2 rings (SSSR count). The normalized spacial score (nSPS) is 35.1. The van der Waals surface area contributed by atoms with Crippen molar-refractivity contribution in [2.45, 2.75) is 51.9 Å². The van der Waals surface area contributed by atoms with Crippen molar-refractivity contribution in [1.29, 1.82) is 0 Å². The third-order valence-electron chi connectivity index (χ3n) is 4.68. The summed E-state index contributed by atoms with van der Waals surface area (Å²) in [5.74, 6) is -0.546. The molecule has 0 aromatic heterocycles. The van der Waals surface area contributed by atoms with Crippen LogP contribution in [0.25, 0.3) is 0 Å². The highest BCUT2D eigenvalue weighted by atomic mass is 19.4. The molecule has 1 spiro atoms. The van der Waals surface area contributed by atoms with E-state index in [9.17, 15) is 18.0 Å². The van der Waals surface area contributed by atoms with Gasteiger partial charge in [0.05, 0.1) is 0 Å². The molecular weight excluding hydrogens is 269 g/mol. The van der Waals surface area contributed by atoms with Crippen LogP contribution in [0.3, 0.4) is 0 Å². The summed E-state index contributed by atoms with van der Waals surface area (Å²) in [4.78, 5) is 17.1. The molecule has 3 nitrogen and oxygen atoms in total.